The van der Waals surface area contributed by atoms with Gasteiger partial charge in [-0.25, -0.2) is 0 Å². The molecule has 0 aliphatic carbocycles. The summed E-state index contributed by atoms with van der Waals surface area (Å²) in [6, 6.07) is 14.7. The van der Waals surface area contributed by atoms with Crippen LogP contribution in [0, 0.1) is 0 Å². The highest BCUT2D eigenvalue weighted by atomic mass is 16.5. The molecule has 4 nitrogen and oxygen atoms in total. The minimum absolute atomic E-state index is 0.0104. The topological polar surface area (TPSA) is 49.8 Å². The first-order valence-corrected chi connectivity index (χ1v) is 7.08. The molecule has 4 heteroatoms. The molecule has 1 saturated heterocycles. The van der Waals surface area contributed by atoms with E-state index in [1.165, 1.54) is 11.1 Å². The Morgan fingerprint density at radius 1 is 1.10 bits per heavy atom. The van der Waals surface area contributed by atoms with E-state index < -0.39 is 6.10 Å². The number of β-lactam (4-membered cyclic amide) rings is 1. The van der Waals surface area contributed by atoms with E-state index in [0.717, 1.165) is 13.0 Å². The molecular formula is C17H15NO3. The Hall–Kier alpha value is -2.49. The molecule has 2 aliphatic rings. The Balaban J connectivity index is 1.62. The van der Waals surface area contributed by atoms with Crippen molar-refractivity contribution < 1.29 is 14.6 Å². The smallest absolute Gasteiger partial charge is 0.266 e. The lowest BCUT2D eigenvalue weighted by molar-refractivity contribution is -0.165. The average molecular weight is 281 g/mol. The molecule has 1 N–H and O–H groups in total. The summed E-state index contributed by atoms with van der Waals surface area (Å²) >= 11 is 0. The Morgan fingerprint density at radius 3 is 2.67 bits per heavy atom. The second-order valence-electron chi connectivity index (χ2n) is 5.46. The SMILES string of the molecule is O=C1[C@H](Oc2ccc(O)cc2)[C@H]2c3ccccc3CCN12. The molecule has 2 aromatic rings. The summed E-state index contributed by atoms with van der Waals surface area (Å²) in [5, 5.41) is 9.30. The van der Waals surface area contributed by atoms with Crippen molar-refractivity contribution in [1.29, 1.82) is 0 Å². The van der Waals surface area contributed by atoms with Crippen LogP contribution in [0.2, 0.25) is 0 Å². The molecule has 0 radical (unpaired) electrons. The molecule has 2 aliphatic heterocycles. The lowest BCUT2D eigenvalue weighted by atomic mass is 9.83. The van der Waals surface area contributed by atoms with Gasteiger partial charge in [-0.3, -0.25) is 4.79 Å². The van der Waals surface area contributed by atoms with Crippen LogP contribution in [0.5, 0.6) is 11.5 Å². The van der Waals surface area contributed by atoms with Crippen molar-refractivity contribution >= 4 is 5.91 Å². The number of phenolic OH excluding ortho intramolecular Hbond substituents is 1. The van der Waals surface area contributed by atoms with Crippen LogP contribution in [0.25, 0.3) is 0 Å². The van der Waals surface area contributed by atoms with E-state index in [4.69, 9.17) is 4.74 Å². The Bertz CT molecular complexity index is 695. The van der Waals surface area contributed by atoms with Crippen LogP contribution in [0.3, 0.4) is 0 Å². The van der Waals surface area contributed by atoms with Crippen LogP contribution in [-0.4, -0.2) is 28.6 Å². The van der Waals surface area contributed by atoms with Gasteiger partial charge in [-0.15, -0.1) is 0 Å². The number of aromatic hydroxyl groups is 1. The highest BCUT2D eigenvalue weighted by Crippen LogP contribution is 2.42. The van der Waals surface area contributed by atoms with Crippen LogP contribution in [0.4, 0.5) is 0 Å². The van der Waals surface area contributed by atoms with Gasteiger partial charge in [0.25, 0.3) is 5.91 Å². The maximum Gasteiger partial charge on any atom is 0.266 e. The number of nitrogens with zero attached hydrogens (tertiary/aromatic N) is 1. The minimum atomic E-state index is -0.462. The zero-order chi connectivity index (χ0) is 14.4. The number of ether oxygens (including phenoxy) is 1. The number of hydrogen-bond acceptors (Lipinski definition) is 3. The predicted octanol–water partition coefficient (Wildman–Crippen LogP) is 2.28. The maximum atomic E-state index is 12.2. The van der Waals surface area contributed by atoms with E-state index in [-0.39, 0.29) is 17.7 Å². The second-order valence-corrected chi connectivity index (χ2v) is 5.46. The lowest BCUT2D eigenvalue weighted by Crippen LogP contribution is -2.63. The van der Waals surface area contributed by atoms with Crippen LogP contribution in [0.15, 0.2) is 48.5 Å². The van der Waals surface area contributed by atoms with Crippen molar-refractivity contribution in [3.63, 3.8) is 0 Å². The van der Waals surface area contributed by atoms with Gasteiger partial charge in [-0.05, 0) is 41.8 Å². The fourth-order valence-corrected chi connectivity index (χ4v) is 3.17. The van der Waals surface area contributed by atoms with Gasteiger partial charge in [0.1, 0.15) is 17.5 Å². The van der Waals surface area contributed by atoms with Gasteiger partial charge >= 0.3 is 0 Å². The third kappa shape index (κ3) is 1.87. The molecule has 1 fully saturated rings. The molecule has 0 spiro atoms. The van der Waals surface area contributed by atoms with Crippen molar-refractivity contribution in [2.45, 2.75) is 18.6 Å². The molecule has 106 valence electrons. The summed E-state index contributed by atoms with van der Waals surface area (Å²) in [7, 11) is 0. The van der Waals surface area contributed by atoms with Gasteiger partial charge < -0.3 is 14.7 Å². The minimum Gasteiger partial charge on any atom is -0.508 e. The van der Waals surface area contributed by atoms with E-state index >= 15 is 0 Å². The molecule has 0 aromatic heterocycles. The van der Waals surface area contributed by atoms with Crippen LogP contribution < -0.4 is 4.74 Å². The number of rotatable bonds is 2. The summed E-state index contributed by atoms with van der Waals surface area (Å²) in [4.78, 5) is 14.1. The standard InChI is InChI=1S/C17H15NO3/c19-12-5-7-13(8-6-12)21-16-15-14-4-2-1-3-11(14)9-10-18(15)17(16)20/h1-8,15-16,19H,9-10H2/t15-,16-/m1/s1. The van der Waals surface area contributed by atoms with Gasteiger partial charge in [0.15, 0.2) is 0 Å². The monoisotopic (exact) mass is 281 g/mol. The number of carbonyl (C=O) groups is 1. The molecule has 1 amide bonds. The quantitative estimate of drug-likeness (QED) is 0.859. The van der Waals surface area contributed by atoms with Crippen LogP contribution in [-0.2, 0) is 11.2 Å². The van der Waals surface area contributed by atoms with Gasteiger partial charge in [-0.2, -0.15) is 0 Å². The first-order chi connectivity index (χ1) is 10.2. The number of benzene rings is 2. The average Bonchev–Trinajstić information content (AvgIpc) is 2.53. The van der Waals surface area contributed by atoms with E-state index in [1.54, 1.807) is 24.3 Å². The summed E-state index contributed by atoms with van der Waals surface area (Å²) < 4.78 is 5.84. The van der Waals surface area contributed by atoms with Crippen molar-refractivity contribution in [3.8, 4) is 11.5 Å². The van der Waals surface area contributed by atoms with E-state index in [9.17, 15) is 9.90 Å². The molecule has 0 saturated carbocycles. The van der Waals surface area contributed by atoms with Gasteiger partial charge in [0, 0.05) is 6.54 Å². The number of fused-ring (bicyclic) bond motifs is 3. The molecule has 2 atom stereocenters. The number of phenols is 1. The zero-order valence-corrected chi connectivity index (χ0v) is 11.4. The molecule has 4 rings (SSSR count). The predicted molar refractivity (Wildman–Crippen MR) is 77.1 cm³/mol. The van der Waals surface area contributed by atoms with Crippen molar-refractivity contribution in [3.05, 3.63) is 59.7 Å². The Labute approximate surface area is 122 Å². The molecule has 2 heterocycles. The molecule has 0 unspecified atom stereocenters. The molecular weight excluding hydrogens is 266 g/mol. The lowest BCUT2D eigenvalue weighted by Gasteiger charge is -2.49. The van der Waals surface area contributed by atoms with Gasteiger partial charge in [0.05, 0.1) is 0 Å². The van der Waals surface area contributed by atoms with E-state index in [0.29, 0.717) is 5.75 Å². The number of amides is 1. The summed E-state index contributed by atoms with van der Waals surface area (Å²) in [5.74, 6) is 0.836. The Morgan fingerprint density at radius 2 is 1.86 bits per heavy atom. The summed E-state index contributed by atoms with van der Waals surface area (Å²) in [6.07, 6.45) is 0.445. The number of carbonyl (C=O) groups excluding carboxylic acids is 1. The largest absolute Gasteiger partial charge is 0.508 e. The third-order valence-electron chi connectivity index (χ3n) is 4.24. The van der Waals surface area contributed by atoms with Gasteiger partial charge in [-0.1, -0.05) is 24.3 Å². The van der Waals surface area contributed by atoms with E-state index in [1.807, 2.05) is 17.0 Å². The summed E-state index contributed by atoms with van der Waals surface area (Å²) in [6.45, 7) is 0.760. The summed E-state index contributed by atoms with van der Waals surface area (Å²) in [5.41, 5.74) is 2.48. The van der Waals surface area contributed by atoms with Gasteiger partial charge in [0.2, 0.25) is 6.10 Å². The van der Waals surface area contributed by atoms with Crippen LogP contribution >= 0.6 is 0 Å². The van der Waals surface area contributed by atoms with Crippen molar-refractivity contribution in [1.82, 2.24) is 4.90 Å². The van der Waals surface area contributed by atoms with Crippen LogP contribution in [0.1, 0.15) is 17.2 Å². The molecule has 2 aromatic carbocycles. The first kappa shape index (κ1) is 12.3. The fraction of sp³-hybridized carbons (Fsp3) is 0.235. The highest BCUT2D eigenvalue weighted by molar-refractivity contribution is 5.90. The number of hydrogen-bond donors (Lipinski definition) is 1. The Kier molecular flexibility index (Phi) is 2.64. The maximum absolute atomic E-state index is 12.2. The molecule has 21 heavy (non-hydrogen) atoms. The van der Waals surface area contributed by atoms with Crippen molar-refractivity contribution in [2.24, 2.45) is 0 Å². The van der Waals surface area contributed by atoms with E-state index in [2.05, 4.69) is 12.1 Å². The molecule has 0 bridgehead atoms. The zero-order valence-electron chi connectivity index (χ0n) is 11.4. The third-order valence-corrected chi connectivity index (χ3v) is 4.24. The second kappa shape index (κ2) is 4.52. The first-order valence-electron chi connectivity index (χ1n) is 7.08. The van der Waals surface area contributed by atoms with Crippen molar-refractivity contribution in [2.75, 3.05) is 6.54 Å². The highest BCUT2D eigenvalue weighted by Gasteiger charge is 2.52. The normalized spacial score (nSPS) is 23.0. The fourth-order valence-electron chi connectivity index (χ4n) is 3.17.